The highest BCUT2D eigenvalue weighted by atomic mass is 16.5. The highest BCUT2D eigenvalue weighted by Gasteiger charge is 2.08. The third-order valence-electron chi connectivity index (χ3n) is 6.37. The molecule has 0 saturated heterocycles. The molecule has 14 heteroatoms. The SMILES string of the molecule is CCc1cc(Nc2cc(=O)n(CCCCOC(C)=O)c(=O)[nH]2)ccc1C.COc1nc(N)cc(=O)n1CCCCOC(C)=O. The van der Waals surface area contributed by atoms with Crippen LogP contribution in [0.5, 0.6) is 6.01 Å². The van der Waals surface area contributed by atoms with Gasteiger partial charge < -0.3 is 25.3 Å². The zero-order chi connectivity index (χ0) is 32.6. The number of unbranched alkanes of at least 4 members (excludes halogenated alkanes) is 2. The van der Waals surface area contributed by atoms with Gasteiger partial charge in [-0.15, -0.1) is 0 Å². The normalized spacial score (nSPS) is 10.4. The monoisotopic (exact) mass is 614 g/mol. The molecule has 0 aliphatic carbocycles. The van der Waals surface area contributed by atoms with Gasteiger partial charge in [0.25, 0.3) is 11.1 Å². The molecule has 14 nitrogen and oxygen atoms in total. The predicted octanol–water partition coefficient (Wildman–Crippen LogP) is 2.67. The summed E-state index contributed by atoms with van der Waals surface area (Å²) in [5.74, 6) is -0.147. The van der Waals surface area contributed by atoms with E-state index in [0.29, 0.717) is 44.7 Å². The molecule has 0 aliphatic rings. The number of aromatic nitrogens is 4. The minimum absolute atomic E-state index is 0.132. The Bertz CT molecular complexity index is 1550. The van der Waals surface area contributed by atoms with Gasteiger partial charge in [0.15, 0.2) is 0 Å². The number of carbonyl (C=O) groups excluding carboxylic acids is 2. The molecule has 2 aromatic heterocycles. The van der Waals surface area contributed by atoms with Crippen molar-refractivity contribution in [2.45, 2.75) is 72.9 Å². The fourth-order valence-electron chi connectivity index (χ4n) is 4.12. The Morgan fingerprint density at radius 3 is 2.05 bits per heavy atom. The smallest absolute Gasteiger partial charge is 0.329 e. The molecule has 0 unspecified atom stereocenters. The van der Waals surface area contributed by atoms with Crippen molar-refractivity contribution in [1.29, 1.82) is 0 Å². The second kappa shape index (κ2) is 17.9. The number of methoxy groups -OCH3 is 1. The average Bonchev–Trinajstić information content (AvgIpc) is 2.95. The number of nitrogens with zero attached hydrogens (tertiary/aromatic N) is 3. The van der Waals surface area contributed by atoms with Crippen molar-refractivity contribution in [2.75, 3.05) is 31.4 Å². The van der Waals surface area contributed by atoms with Crippen LogP contribution in [0.2, 0.25) is 0 Å². The molecule has 2 heterocycles. The average molecular weight is 615 g/mol. The third kappa shape index (κ3) is 11.8. The number of esters is 2. The van der Waals surface area contributed by atoms with Gasteiger partial charge in [-0.3, -0.25) is 33.3 Å². The van der Waals surface area contributed by atoms with Crippen LogP contribution < -0.4 is 32.6 Å². The van der Waals surface area contributed by atoms with Gasteiger partial charge in [0, 0.05) is 44.8 Å². The van der Waals surface area contributed by atoms with Crippen molar-refractivity contribution < 1.29 is 23.8 Å². The highest BCUT2D eigenvalue weighted by Crippen LogP contribution is 2.18. The topological polar surface area (TPSA) is 190 Å². The number of nitrogens with two attached hydrogens (primary N) is 1. The maximum Gasteiger partial charge on any atom is 0.329 e. The van der Waals surface area contributed by atoms with E-state index in [4.69, 9.17) is 19.9 Å². The zero-order valence-corrected chi connectivity index (χ0v) is 25.9. The van der Waals surface area contributed by atoms with Gasteiger partial charge in [0.2, 0.25) is 0 Å². The molecule has 44 heavy (non-hydrogen) atoms. The molecule has 0 fully saturated rings. The number of H-pyrrole nitrogens is 1. The van der Waals surface area contributed by atoms with Crippen molar-refractivity contribution in [1.82, 2.24) is 19.1 Å². The lowest BCUT2D eigenvalue weighted by Crippen LogP contribution is -2.35. The highest BCUT2D eigenvalue weighted by molar-refractivity contribution is 5.66. The van der Waals surface area contributed by atoms with Crippen LogP contribution in [0.3, 0.4) is 0 Å². The molecule has 3 rings (SSSR count). The number of nitrogen functional groups attached to an aromatic ring is 1. The van der Waals surface area contributed by atoms with Crippen LogP contribution in [0.4, 0.5) is 17.3 Å². The van der Waals surface area contributed by atoms with E-state index in [2.05, 4.69) is 22.2 Å². The predicted molar refractivity (Wildman–Crippen MR) is 166 cm³/mol. The number of rotatable bonds is 14. The Morgan fingerprint density at radius 1 is 0.909 bits per heavy atom. The first-order valence-electron chi connectivity index (χ1n) is 14.3. The van der Waals surface area contributed by atoms with Crippen molar-refractivity contribution in [3.8, 4) is 6.01 Å². The van der Waals surface area contributed by atoms with E-state index in [1.165, 1.54) is 48.8 Å². The quantitative estimate of drug-likeness (QED) is 0.179. The molecular formula is C30H42N6O8. The molecule has 0 saturated carbocycles. The van der Waals surface area contributed by atoms with Crippen LogP contribution in [0.15, 0.2) is 44.7 Å². The van der Waals surface area contributed by atoms with Crippen LogP contribution >= 0.6 is 0 Å². The Labute approximate surface area is 255 Å². The van der Waals surface area contributed by atoms with Crippen LogP contribution in [0, 0.1) is 6.92 Å². The van der Waals surface area contributed by atoms with Gasteiger partial charge in [-0.1, -0.05) is 13.0 Å². The molecule has 0 spiro atoms. The van der Waals surface area contributed by atoms with Crippen LogP contribution in [-0.4, -0.2) is 51.4 Å². The van der Waals surface area contributed by atoms with E-state index in [-0.39, 0.29) is 48.0 Å². The second-order valence-electron chi connectivity index (χ2n) is 9.85. The number of benzene rings is 1. The van der Waals surface area contributed by atoms with Gasteiger partial charge in [0.05, 0.1) is 20.3 Å². The summed E-state index contributed by atoms with van der Waals surface area (Å²) in [4.78, 5) is 63.9. The molecule has 4 N–H and O–H groups in total. The second-order valence-corrected chi connectivity index (χ2v) is 9.85. The van der Waals surface area contributed by atoms with E-state index < -0.39 is 5.69 Å². The Balaban J connectivity index is 0.000000329. The molecule has 0 bridgehead atoms. The summed E-state index contributed by atoms with van der Waals surface area (Å²) in [5.41, 5.74) is 7.59. The van der Waals surface area contributed by atoms with Crippen molar-refractivity contribution >= 4 is 29.3 Å². The molecule has 0 atom stereocenters. The summed E-state index contributed by atoms with van der Waals surface area (Å²) in [6.07, 6.45) is 3.41. The van der Waals surface area contributed by atoms with E-state index in [1.807, 2.05) is 25.1 Å². The van der Waals surface area contributed by atoms with Crippen molar-refractivity contribution in [3.05, 3.63) is 72.7 Å². The van der Waals surface area contributed by atoms with E-state index in [1.54, 1.807) is 0 Å². The number of ether oxygens (including phenoxy) is 3. The Kier molecular flexibility index (Phi) is 14.4. The molecule has 1 aromatic carbocycles. The standard InChI is InChI=1S/C19H25N3O4.C11H17N3O4/c1-4-15-11-16(8-7-13(15)2)20-17-12-18(24)22(19(25)21-17)9-5-6-10-26-14(3)23;1-8(15)18-6-4-3-5-14-10(16)7-9(12)13-11(14)17-2/h7-8,11-12,20H,4-6,9-10H2,1-3H3,(H,21,25);7H,3-6,12H2,1-2H3. The molecular weight excluding hydrogens is 572 g/mol. The van der Waals surface area contributed by atoms with Gasteiger partial charge >= 0.3 is 23.6 Å². The number of nitrogens with one attached hydrogen (secondary N) is 2. The number of hydrogen-bond donors (Lipinski definition) is 3. The summed E-state index contributed by atoms with van der Waals surface area (Å²) in [7, 11) is 1.43. The summed E-state index contributed by atoms with van der Waals surface area (Å²) in [6.45, 7) is 8.18. The van der Waals surface area contributed by atoms with E-state index in [9.17, 15) is 24.0 Å². The van der Waals surface area contributed by atoms with Crippen molar-refractivity contribution in [3.63, 3.8) is 0 Å². The van der Waals surface area contributed by atoms with Gasteiger partial charge in [0.1, 0.15) is 11.6 Å². The van der Waals surface area contributed by atoms with Crippen LogP contribution in [-0.2, 0) is 38.6 Å². The van der Waals surface area contributed by atoms with Crippen LogP contribution in [0.25, 0.3) is 0 Å². The van der Waals surface area contributed by atoms with E-state index >= 15 is 0 Å². The van der Waals surface area contributed by atoms with E-state index in [0.717, 1.165) is 16.7 Å². The number of aryl methyl sites for hydroxylation is 2. The summed E-state index contributed by atoms with van der Waals surface area (Å²) in [6, 6.07) is 8.73. The Morgan fingerprint density at radius 2 is 1.50 bits per heavy atom. The molecule has 0 radical (unpaired) electrons. The lowest BCUT2D eigenvalue weighted by Gasteiger charge is -2.11. The lowest BCUT2D eigenvalue weighted by atomic mass is 10.1. The lowest BCUT2D eigenvalue weighted by molar-refractivity contribution is -0.142. The molecule has 240 valence electrons. The minimum Gasteiger partial charge on any atom is -0.468 e. The fourth-order valence-corrected chi connectivity index (χ4v) is 4.12. The molecule has 0 amide bonds. The number of carbonyl (C=O) groups is 2. The van der Waals surface area contributed by atoms with Gasteiger partial charge in [-0.25, -0.2) is 4.79 Å². The number of hydrogen-bond acceptors (Lipinski definition) is 11. The molecule has 3 aromatic rings. The third-order valence-corrected chi connectivity index (χ3v) is 6.37. The summed E-state index contributed by atoms with van der Waals surface area (Å²) in [5, 5.41) is 3.08. The minimum atomic E-state index is -0.463. The maximum absolute atomic E-state index is 12.2. The summed E-state index contributed by atoms with van der Waals surface area (Å²) >= 11 is 0. The first-order chi connectivity index (χ1) is 20.9. The number of anilines is 3. The number of aromatic amines is 1. The van der Waals surface area contributed by atoms with Crippen molar-refractivity contribution in [2.24, 2.45) is 0 Å². The largest absolute Gasteiger partial charge is 0.468 e. The van der Waals surface area contributed by atoms with Gasteiger partial charge in [-0.2, -0.15) is 4.98 Å². The zero-order valence-electron chi connectivity index (χ0n) is 25.9. The maximum atomic E-state index is 12.2. The fraction of sp³-hybridized carbons (Fsp3) is 0.467. The summed E-state index contributed by atoms with van der Waals surface area (Å²) < 4.78 is 17.1. The Hall–Kier alpha value is -4.88. The molecule has 0 aliphatic heterocycles. The van der Waals surface area contributed by atoms with Gasteiger partial charge in [-0.05, 0) is 62.3 Å². The van der Waals surface area contributed by atoms with Crippen LogP contribution in [0.1, 0.15) is 57.6 Å². The first kappa shape index (κ1) is 35.3. The first-order valence-corrected chi connectivity index (χ1v) is 14.3.